The van der Waals surface area contributed by atoms with Crippen molar-refractivity contribution in [3.8, 4) is 5.75 Å². The Hall–Kier alpha value is -2.39. The molecular weight excluding hydrogens is 404 g/mol. The maximum atomic E-state index is 12.9. The lowest BCUT2D eigenvalue weighted by atomic mass is 10.1. The fourth-order valence-electron chi connectivity index (χ4n) is 3.77. The lowest BCUT2D eigenvalue weighted by Gasteiger charge is -2.34. The van der Waals surface area contributed by atoms with Gasteiger partial charge in [0, 0.05) is 45.3 Å². The number of hydrogen-bond donors (Lipinski definition) is 0. The van der Waals surface area contributed by atoms with Crippen LogP contribution in [0.1, 0.15) is 30.3 Å². The summed E-state index contributed by atoms with van der Waals surface area (Å²) < 4.78 is 34.4. The predicted molar refractivity (Wildman–Crippen MR) is 114 cm³/mol. The molecule has 0 bridgehead atoms. The van der Waals surface area contributed by atoms with Gasteiger partial charge < -0.3 is 9.64 Å². The summed E-state index contributed by atoms with van der Waals surface area (Å²) in [4.78, 5) is 14.6. The van der Waals surface area contributed by atoms with Crippen LogP contribution in [0, 0.1) is 13.8 Å². The van der Waals surface area contributed by atoms with Crippen molar-refractivity contribution >= 4 is 15.9 Å². The molecule has 1 aromatic carbocycles. The number of sulfonamides is 1. The number of ether oxygens (including phenoxy) is 1. The van der Waals surface area contributed by atoms with Crippen LogP contribution in [-0.2, 0) is 28.3 Å². The molecule has 8 nitrogen and oxygen atoms in total. The van der Waals surface area contributed by atoms with Gasteiger partial charge in [0.25, 0.3) is 0 Å². The third kappa shape index (κ3) is 4.67. The largest absolute Gasteiger partial charge is 0.494 e. The van der Waals surface area contributed by atoms with Gasteiger partial charge in [-0.05, 0) is 57.0 Å². The van der Waals surface area contributed by atoms with E-state index in [1.807, 2.05) is 32.5 Å². The highest BCUT2D eigenvalue weighted by Crippen LogP contribution is 2.21. The van der Waals surface area contributed by atoms with Crippen LogP contribution in [0.2, 0.25) is 0 Å². The Morgan fingerprint density at radius 1 is 1.10 bits per heavy atom. The normalized spacial score (nSPS) is 15.4. The van der Waals surface area contributed by atoms with Crippen molar-refractivity contribution in [2.75, 3.05) is 32.8 Å². The molecule has 2 aromatic rings. The quantitative estimate of drug-likeness (QED) is 0.665. The van der Waals surface area contributed by atoms with Gasteiger partial charge in [0.1, 0.15) is 5.75 Å². The number of carbonyl (C=O) groups excluding carboxylic acids is 1. The Balaban J connectivity index is 1.56. The second kappa shape index (κ2) is 9.18. The zero-order valence-corrected chi connectivity index (χ0v) is 18.9. The number of rotatable bonds is 7. The number of carbonyl (C=O) groups is 1. The van der Waals surface area contributed by atoms with Gasteiger partial charge in [0.15, 0.2) is 0 Å². The average molecular weight is 435 g/mol. The minimum atomic E-state index is -3.58. The Bertz CT molecular complexity index is 991. The minimum absolute atomic E-state index is 0.0516. The molecule has 1 saturated heterocycles. The molecule has 0 unspecified atom stereocenters. The number of amides is 1. The Morgan fingerprint density at radius 2 is 1.73 bits per heavy atom. The number of hydrogen-bond acceptors (Lipinski definition) is 5. The smallest absolute Gasteiger partial charge is 0.243 e. The molecule has 0 saturated carbocycles. The standard InChI is InChI=1S/C21H30N4O4S/c1-5-29-18-6-8-19(9-7-18)30(27,28)25-14-12-24(13-15-25)21(26)11-10-20-16(2)22-23(4)17(20)3/h6-9H,5,10-15H2,1-4H3. The molecular formula is C21H30N4O4S. The summed E-state index contributed by atoms with van der Waals surface area (Å²) in [6, 6.07) is 6.46. The first-order valence-corrected chi connectivity index (χ1v) is 11.7. The van der Waals surface area contributed by atoms with E-state index in [1.165, 1.54) is 4.31 Å². The number of aromatic nitrogens is 2. The number of aryl methyl sites for hydroxylation is 2. The first-order chi connectivity index (χ1) is 14.2. The number of benzene rings is 1. The summed E-state index contributed by atoms with van der Waals surface area (Å²) in [6.07, 6.45) is 1.05. The van der Waals surface area contributed by atoms with Crippen LogP contribution in [-0.4, -0.2) is 66.1 Å². The van der Waals surface area contributed by atoms with Crippen LogP contribution >= 0.6 is 0 Å². The molecule has 1 aromatic heterocycles. The van der Waals surface area contributed by atoms with Crippen LogP contribution in [0.25, 0.3) is 0 Å². The topological polar surface area (TPSA) is 84.7 Å². The van der Waals surface area contributed by atoms with E-state index in [0.717, 1.165) is 17.0 Å². The lowest BCUT2D eigenvalue weighted by molar-refractivity contribution is -0.132. The third-order valence-electron chi connectivity index (χ3n) is 5.61. The van der Waals surface area contributed by atoms with E-state index in [-0.39, 0.29) is 10.8 Å². The van der Waals surface area contributed by atoms with Crippen LogP contribution in [0.5, 0.6) is 5.75 Å². The van der Waals surface area contributed by atoms with Crippen molar-refractivity contribution in [3.63, 3.8) is 0 Å². The zero-order valence-electron chi connectivity index (χ0n) is 18.1. The highest BCUT2D eigenvalue weighted by molar-refractivity contribution is 7.89. The summed E-state index contributed by atoms with van der Waals surface area (Å²) in [7, 11) is -1.68. The van der Waals surface area contributed by atoms with Crippen molar-refractivity contribution in [1.29, 1.82) is 0 Å². The first-order valence-electron chi connectivity index (χ1n) is 10.2. The molecule has 1 aliphatic heterocycles. The Morgan fingerprint density at radius 3 is 2.27 bits per heavy atom. The van der Waals surface area contributed by atoms with E-state index in [0.29, 0.717) is 51.4 Å². The molecule has 30 heavy (non-hydrogen) atoms. The Labute approximate surface area is 178 Å². The summed E-state index contributed by atoms with van der Waals surface area (Å²) in [5.41, 5.74) is 3.14. The molecule has 0 atom stereocenters. The highest BCUT2D eigenvalue weighted by atomic mass is 32.2. The fourth-order valence-corrected chi connectivity index (χ4v) is 5.19. The molecule has 9 heteroatoms. The van der Waals surface area contributed by atoms with Gasteiger partial charge in [-0.1, -0.05) is 0 Å². The van der Waals surface area contributed by atoms with E-state index in [1.54, 1.807) is 29.2 Å². The summed E-state index contributed by atoms with van der Waals surface area (Å²) >= 11 is 0. The van der Waals surface area contributed by atoms with Crippen LogP contribution in [0.3, 0.4) is 0 Å². The van der Waals surface area contributed by atoms with Gasteiger partial charge in [-0.25, -0.2) is 8.42 Å². The molecule has 1 amide bonds. The van der Waals surface area contributed by atoms with Gasteiger partial charge >= 0.3 is 0 Å². The molecule has 164 valence electrons. The van der Waals surface area contributed by atoms with Crippen LogP contribution in [0.15, 0.2) is 29.2 Å². The zero-order chi connectivity index (χ0) is 21.9. The molecule has 0 spiro atoms. The molecule has 0 N–H and O–H groups in total. The molecule has 2 heterocycles. The van der Waals surface area contributed by atoms with E-state index in [2.05, 4.69) is 5.10 Å². The van der Waals surface area contributed by atoms with Gasteiger partial charge in [0.2, 0.25) is 15.9 Å². The molecule has 0 radical (unpaired) electrons. The number of nitrogens with zero attached hydrogens (tertiary/aromatic N) is 4. The third-order valence-corrected chi connectivity index (χ3v) is 7.52. The number of piperazine rings is 1. The lowest BCUT2D eigenvalue weighted by Crippen LogP contribution is -2.50. The van der Waals surface area contributed by atoms with Crippen LogP contribution in [0.4, 0.5) is 0 Å². The maximum Gasteiger partial charge on any atom is 0.243 e. The van der Waals surface area contributed by atoms with Crippen LogP contribution < -0.4 is 4.74 Å². The molecule has 3 rings (SSSR count). The average Bonchev–Trinajstić information content (AvgIpc) is 2.98. The molecule has 0 aliphatic carbocycles. The minimum Gasteiger partial charge on any atom is -0.494 e. The van der Waals surface area contributed by atoms with Gasteiger partial charge in [-0.15, -0.1) is 0 Å². The van der Waals surface area contributed by atoms with Crippen molar-refractivity contribution in [2.24, 2.45) is 7.05 Å². The fraction of sp³-hybridized carbons (Fsp3) is 0.524. The van der Waals surface area contributed by atoms with Gasteiger partial charge in [-0.2, -0.15) is 9.40 Å². The highest BCUT2D eigenvalue weighted by Gasteiger charge is 2.30. The van der Waals surface area contributed by atoms with Crippen molar-refractivity contribution in [1.82, 2.24) is 19.0 Å². The van der Waals surface area contributed by atoms with Crippen molar-refractivity contribution in [2.45, 2.75) is 38.5 Å². The second-order valence-corrected chi connectivity index (χ2v) is 9.40. The SMILES string of the molecule is CCOc1ccc(S(=O)(=O)N2CCN(C(=O)CCc3c(C)nn(C)c3C)CC2)cc1. The summed E-state index contributed by atoms with van der Waals surface area (Å²) in [5.74, 6) is 0.696. The first kappa shape index (κ1) is 22.3. The van der Waals surface area contributed by atoms with E-state index in [4.69, 9.17) is 4.74 Å². The van der Waals surface area contributed by atoms with E-state index in [9.17, 15) is 13.2 Å². The Kier molecular flexibility index (Phi) is 6.82. The van der Waals surface area contributed by atoms with E-state index >= 15 is 0 Å². The molecule has 1 fully saturated rings. The molecule has 1 aliphatic rings. The van der Waals surface area contributed by atoms with Crippen molar-refractivity contribution in [3.05, 3.63) is 41.2 Å². The second-order valence-electron chi connectivity index (χ2n) is 7.46. The predicted octanol–water partition coefficient (Wildman–Crippen LogP) is 1.90. The van der Waals surface area contributed by atoms with E-state index < -0.39 is 10.0 Å². The summed E-state index contributed by atoms with van der Waals surface area (Å²) in [5, 5.41) is 4.39. The summed E-state index contributed by atoms with van der Waals surface area (Å²) in [6.45, 7) is 7.77. The van der Waals surface area contributed by atoms with Gasteiger partial charge in [-0.3, -0.25) is 9.48 Å². The monoisotopic (exact) mass is 434 g/mol. The van der Waals surface area contributed by atoms with Gasteiger partial charge in [0.05, 0.1) is 17.2 Å². The van der Waals surface area contributed by atoms with Crippen molar-refractivity contribution < 1.29 is 17.9 Å². The maximum absolute atomic E-state index is 12.9.